The predicted octanol–water partition coefficient (Wildman–Crippen LogP) is 2.17. The first-order valence-corrected chi connectivity index (χ1v) is 7.62. The SMILES string of the molecule is COc1ccnc(C(=O)N2CCC(Oc3cccnc3)CC2)c1. The molecule has 6 nitrogen and oxygen atoms in total. The first kappa shape index (κ1) is 15.3. The van der Waals surface area contributed by atoms with Crippen molar-refractivity contribution in [1.82, 2.24) is 14.9 Å². The lowest BCUT2D eigenvalue weighted by Crippen LogP contribution is -2.42. The highest BCUT2D eigenvalue weighted by molar-refractivity contribution is 5.92. The highest BCUT2D eigenvalue weighted by Gasteiger charge is 2.25. The summed E-state index contributed by atoms with van der Waals surface area (Å²) in [6.07, 6.45) is 6.72. The lowest BCUT2D eigenvalue weighted by atomic mass is 10.1. The van der Waals surface area contributed by atoms with Gasteiger partial charge in [0.15, 0.2) is 0 Å². The molecular weight excluding hydrogens is 294 g/mol. The van der Waals surface area contributed by atoms with Gasteiger partial charge in [0, 0.05) is 44.4 Å². The van der Waals surface area contributed by atoms with Gasteiger partial charge in [0.05, 0.1) is 13.3 Å². The van der Waals surface area contributed by atoms with E-state index in [1.54, 1.807) is 37.8 Å². The molecule has 1 aliphatic rings. The molecule has 2 aromatic rings. The molecule has 3 rings (SSSR count). The molecule has 0 atom stereocenters. The molecule has 120 valence electrons. The Morgan fingerprint density at radius 2 is 2.04 bits per heavy atom. The molecule has 0 saturated carbocycles. The lowest BCUT2D eigenvalue weighted by molar-refractivity contribution is 0.0589. The second-order valence-electron chi connectivity index (χ2n) is 5.38. The van der Waals surface area contributed by atoms with Gasteiger partial charge in [-0.1, -0.05) is 0 Å². The molecule has 0 N–H and O–H groups in total. The Hall–Kier alpha value is -2.63. The average Bonchev–Trinajstić information content (AvgIpc) is 2.63. The van der Waals surface area contributed by atoms with Crippen molar-refractivity contribution in [3.05, 3.63) is 48.5 Å². The van der Waals surface area contributed by atoms with Crippen LogP contribution in [0.4, 0.5) is 0 Å². The Balaban J connectivity index is 1.57. The second-order valence-corrected chi connectivity index (χ2v) is 5.38. The zero-order valence-electron chi connectivity index (χ0n) is 13.0. The van der Waals surface area contributed by atoms with E-state index in [0.717, 1.165) is 18.6 Å². The molecule has 2 aromatic heterocycles. The first-order valence-electron chi connectivity index (χ1n) is 7.62. The van der Waals surface area contributed by atoms with Crippen LogP contribution in [0.2, 0.25) is 0 Å². The summed E-state index contributed by atoms with van der Waals surface area (Å²) in [6, 6.07) is 7.14. The number of hydrogen-bond acceptors (Lipinski definition) is 5. The minimum Gasteiger partial charge on any atom is -0.497 e. The van der Waals surface area contributed by atoms with Crippen molar-refractivity contribution in [3.8, 4) is 11.5 Å². The van der Waals surface area contributed by atoms with Crippen LogP contribution in [0.1, 0.15) is 23.3 Å². The molecular formula is C17H19N3O3. The first-order chi connectivity index (χ1) is 11.3. The fraction of sp³-hybridized carbons (Fsp3) is 0.353. The van der Waals surface area contributed by atoms with Gasteiger partial charge in [-0.15, -0.1) is 0 Å². The molecule has 1 amide bonds. The van der Waals surface area contributed by atoms with Crippen molar-refractivity contribution in [2.24, 2.45) is 0 Å². The third kappa shape index (κ3) is 3.77. The van der Waals surface area contributed by atoms with Crippen LogP contribution in [0.15, 0.2) is 42.9 Å². The molecule has 1 fully saturated rings. The summed E-state index contributed by atoms with van der Waals surface area (Å²) in [5, 5.41) is 0. The summed E-state index contributed by atoms with van der Waals surface area (Å²) in [5.41, 5.74) is 0.413. The normalized spacial score (nSPS) is 15.3. The van der Waals surface area contributed by atoms with Crippen molar-refractivity contribution in [3.63, 3.8) is 0 Å². The molecule has 0 bridgehead atoms. The van der Waals surface area contributed by atoms with Gasteiger partial charge in [-0.05, 0) is 18.2 Å². The second kappa shape index (κ2) is 7.09. The van der Waals surface area contributed by atoms with Crippen molar-refractivity contribution in [1.29, 1.82) is 0 Å². The van der Waals surface area contributed by atoms with E-state index in [4.69, 9.17) is 9.47 Å². The summed E-state index contributed by atoms with van der Waals surface area (Å²) in [4.78, 5) is 22.5. The van der Waals surface area contributed by atoms with Crippen molar-refractivity contribution in [2.45, 2.75) is 18.9 Å². The summed E-state index contributed by atoms with van der Waals surface area (Å²) in [7, 11) is 1.57. The van der Waals surface area contributed by atoms with Crippen LogP contribution in [0.3, 0.4) is 0 Å². The Kier molecular flexibility index (Phi) is 4.71. The predicted molar refractivity (Wildman–Crippen MR) is 84.6 cm³/mol. The number of amides is 1. The molecule has 3 heterocycles. The van der Waals surface area contributed by atoms with Crippen LogP contribution >= 0.6 is 0 Å². The van der Waals surface area contributed by atoms with Crippen molar-refractivity contribution in [2.75, 3.05) is 20.2 Å². The Morgan fingerprint density at radius 3 is 2.74 bits per heavy atom. The largest absolute Gasteiger partial charge is 0.497 e. The van der Waals surface area contributed by atoms with Crippen molar-refractivity contribution >= 4 is 5.91 Å². The van der Waals surface area contributed by atoms with Gasteiger partial charge >= 0.3 is 0 Å². The summed E-state index contributed by atoms with van der Waals surface area (Å²) in [6.45, 7) is 1.31. The van der Waals surface area contributed by atoms with E-state index in [2.05, 4.69) is 9.97 Å². The molecule has 6 heteroatoms. The van der Waals surface area contributed by atoms with Gasteiger partial charge in [0.2, 0.25) is 0 Å². The molecule has 0 unspecified atom stereocenters. The zero-order valence-corrected chi connectivity index (χ0v) is 13.0. The topological polar surface area (TPSA) is 64.5 Å². The molecule has 0 radical (unpaired) electrons. The smallest absolute Gasteiger partial charge is 0.272 e. The lowest BCUT2D eigenvalue weighted by Gasteiger charge is -2.32. The fourth-order valence-electron chi connectivity index (χ4n) is 2.60. The van der Waals surface area contributed by atoms with Crippen LogP contribution in [0.5, 0.6) is 11.5 Å². The minimum atomic E-state index is -0.0660. The average molecular weight is 313 g/mol. The van der Waals surface area contributed by atoms with Gasteiger partial charge in [-0.3, -0.25) is 14.8 Å². The molecule has 1 aliphatic heterocycles. The van der Waals surface area contributed by atoms with Crippen LogP contribution in [0, 0.1) is 0 Å². The van der Waals surface area contributed by atoms with Gasteiger partial charge in [0.1, 0.15) is 23.3 Å². The minimum absolute atomic E-state index is 0.0660. The monoisotopic (exact) mass is 313 g/mol. The number of piperidine rings is 1. The van der Waals surface area contributed by atoms with E-state index in [-0.39, 0.29) is 12.0 Å². The van der Waals surface area contributed by atoms with E-state index < -0.39 is 0 Å². The van der Waals surface area contributed by atoms with E-state index in [9.17, 15) is 4.79 Å². The number of hydrogen-bond donors (Lipinski definition) is 0. The number of pyridine rings is 2. The van der Waals surface area contributed by atoms with Crippen LogP contribution in [-0.2, 0) is 0 Å². The Bertz CT molecular complexity index is 655. The zero-order chi connectivity index (χ0) is 16.1. The van der Waals surface area contributed by atoms with E-state index in [0.29, 0.717) is 24.5 Å². The van der Waals surface area contributed by atoms with Gasteiger partial charge in [0.25, 0.3) is 5.91 Å². The third-order valence-electron chi connectivity index (χ3n) is 3.85. The maximum atomic E-state index is 12.5. The summed E-state index contributed by atoms with van der Waals surface area (Å²) < 4.78 is 11.0. The van der Waals surface area contributed by atoms with Gasteiger partial charge in [-0.2, -0.15) is 0 Å². The van der Waals surface area contributed by atoms with E-state index in [1.807, 2.05) is 17.0 Å². The number of nitrogens with zero attached hydrogens (tertiary/aromatic N) is 3. The van der Waals surface area contributed by atoms with E-state index in [1.165, 1.54) is 0 Å². The fourth-order valence-corrected chi connectivity index (χ4v) is 2.60. The number of methoxy groups -OCH3 is 1. The Morgan fingerprint density at radius 1 is 1.22 bits per heavy atom. The highest BCUT2D eigenvalue weighted by Crippen LogP contribution is 2.20. The van der Waals surface area contributed by atoms with Crippen molar-refractivity contribution < 1.29 is 14.3 Å². The Labute approximate surface area is 135 Å². The molecule has 0 aromatic carbocycles. The number of carbonyl (C=O) groups excluding carboxylic acids is 1. The summed E-state index contributed by atoms with van der Waals surface area (Å²) >= 11 is 0. The van der Waals surface area contributed by atoms with Gasteiger partial charge < -0.3 is 14.4 Å². The molecule has 0 aliphatic carbocycles. The van der Waals surface area contributed by atoms with Crippen LogP contribution in [0.25, 0.3) is 0 Å². The standard InChI is InChI=1S/C17H19N3O3/c1-22-14-4-8-19-16(11-14)17(21)20-9-5-13(6-10-20)23-15-3-2-7-18-12-15/h2-4,7-8,11-13H,5-6,9-10H2,1H3. The number of carbonyl (C=O) groups is 1. The molecule has 23 heavy (non-hydrogen) atoms. The van der Waals surface area contributed by atoms with E-state index >= 15 is 0 Å². The summed E-state index contributed by atoms with van der Waals surface area (Å²) in [5.74, 6) is 1.34. The maximum absolute atomic E-state index is 12.5. The van der Waals surface area contributed by atoms with Crippen LogP contribution < -0.4 is 9.47 Å². The highest BCUT2D eigenvalue weighted by atomic mass is 16.5. The third-order valence-corrected chi connectivity index (χ3v) is 3.85. The van der Waals surface area contributed by atoms with Crippen LogP contribution in [-0.4, -0.2) is 47.1 Å². The number of likely N-dealkylation sites (tertiary alicyclic amines) is 1. The maximum Gasteiger partial charge on any atom is 0.272 e. The number of ether oxygens (including phenoxy) is 2. The molecule has 0 spiro atoms. The number of rotatable bonds is 4. The van der Waals surface area contributed by atoms with Gasteiger partial charge in [-0.25, -0.2) is 0 Å². The quantitative estimate of drug-likeness (QED) is 0.865. The number of aromatic nitrogens is 2. The molecule has 1 saturated heterocycles.